The Bertz CT molecular complexity index is 659. The third kappa shape index (κ3) is 2.66. The van der Waals surface area contributed by atoms with Gasteiger partial charge in [0.25, 0.3) is 0 Å². The minimum absolute atomic E-state index is 0.124. The molecule has 0 saturated heterocycles. The Morgan fingerprint density at radius 1 is 1.08 bits per heavy atom. The van der Waals surface area contributed by atoms with Gasteiger partial charge in [-0.15, -0.1) is 0 Å². The number of rotatable bonds is 2. The topological polar surface area (TPSA) is 70.2 Å². The number of amides is 3. The quantitative estimate of drug-likeness (QED) is 0.771. The van der Waals surface area contributed by atoms with Crippen molar-refractivity contribution in [1.82, 2.24) is 5.32 Å². The first-order valence-corrected chi connectivity index (χ1v) is 9.21. The molecule has 1 spiro atoms. The lowest BCUT2D eigenvalue weighted by Crippen LogP contribution is -2.39. The molecule has 0 radical (unpaired) electrons. The molecule has 3 amide bonds. The molecule has 0 bridgehead atoms. The predicted octanol–water partition coefficient (Wildman–Crippen LogP) is 3.90. The van der Waals surface area contributed by atoms with Gasteiger partial charge in [0.1, 0.15) is 0 Å². The van der Waals surface area contributed by atoms with Gasteiger partial charge in [0.15, 0.2) is 0 Å². The first-order chi connectivity index (χ1) is 11.7. The molecule has 1 aliphatic heterocycles. The number of hydrogen-bond acceptors (Lipinski definition) is 2. The number of benzene rings is 1. The van der Waals surface area contributed by atoms with Crippen LogP contribution in [0.25, 0.3) is 0 Å². The number of carbonyl (C=O) groups is 2. The maximum atomic E-state index is 12.4. The first-order valence-electron chi connectivity index (χ1n) is 9.21. The van der Waals surface area contributed by atoms with Gasteiger partial charge in [-0.1, -0.05) is 32.1 Å². The molecule has 2 fully saturated rings. The van der Waals surface area contributed by atoms with Gasteiger partial charge in [0.2, 0.25) is 5.91 Å². The summed E-state index contributed by atoms with van der Waals surface area (Å²) in [6.45, 7) is 0. The standard InChI is InChI=1S/C19H25N3O2/c23-17-19(10-4-5-11-19)15-12-14(8-9-16(15)22-17)21-18(24)20-13-6-2-1-3-7-13/h8-9,12-13H,1-7,10-11H2,(H,22,23)(H2,20,21,24). The van der Waals surface area contributed by atoms with E-state index in [0.29, 0.717) is 0 Å². The Labute approximate surface area is 142 Å². The molecule has 24 heavy (non-hydrogen) atoms. The van der Waals surface area contributed by atoms with E-state index in [4.69, 9.17) is 0 Å². The normalized spacial score (nSPS) is 22.2. The summed E-state index contributed by atoms with van der Waals surface area (Å²) in [6.07, 6.45) is 9.79. The number of carbonyl (C=O) groups excluding carboxylic acids is 2. The van der Waals surface area contributed by atoms with Crippen LogP contribution < -0.4 is 16.0 Å². The first kappa shape index (κ1) is 15.5. The Hall–Kier alpha value is -2.04. The highest BCUT2D eigenvalue weighted by molar-refractivity contribution is 6.07. The van der Waals surface area contributed by atoms with Gasteiger partial charge in [-0.25, -0.2) is 4.79 Å². The largest absolute Gasteiger partial charge is 0.335 e. The van der Waals surface area contributed by atoms with Gasteiger partial charge in [-0.05, 0) is 49.4 Å². The Balaban J connectivity index is 1.48. The molecule has 0 atom stereocenters. The Morgan fingerprint density at radius 3 is 2.58 bits per heavy atom. The molecule has 0 aromatic heterocycles. The van der Waals surface area contributed by atoms with Crippen LogP contribution in [0.4, 0.5) is 16.2 Å². The van der Waals surface area contributed by atoms with E-state index in [1.807, 2.05) is 18.2 Å². The molecule has 0 unspecified atom stereocenters. The van der Waals surface area contributed by atoms with Crippen molar-refractivity contribution in [2.45, 2.75) is 69.2 Å². The van der Waals surface area contributed by atoms with E-state index in [1.165, 1.54) is 19.3 Å². The van der Waals surface area contributed by atoms with Crippen LogP contribution in [0.5, 0.6) is 0 Å². The second-order valence-corrected chi connectivity index (χ2v) is 7.44. The van der Waals surface area contributed by atoms with Crippen LogP contribution >= 0.6 is 0 Å². The highest BCUT2D eigenvalue weighted by atomic mass is 16.2. The van der Waals surface area contributed by atoms with Gasteiger partial charge in [-0.3, -0.25) is 4.79 Å². The van der Waals surface area contributed by atoms with E-state index in [1.54, 1.807) is 0 Å². The number of urea groups is 1. The summed E-state index contributed by atoms with van der Waals surface area (Å²) in [7, 11) is 0. The van der Waals surface area contributed by atoms with E-state index in [2.05, 4.69) is 16.0 Å². The van der Waals surface area contributed by atoms with E-state index < -0.39 is 0 Å². The highest BCUT2D eigenvalue weighted by Gasteiger charge is 2.48. The lowest BCUT2D eigenvalue weighted by molar-refractivity contribution is -0.120. The minimum atomic E-state index is -0.368. The third-order valence-electron chi connectivity index (χ3n) is 5.87. The van der Waals surface area contributed by atoms with Gasteiger partial charge >= 0.3 is 6.03 Å². The second-order valence-electron chi connectivity index (χ2n) is 7.44. The zero-order chi connectivity index (χ0) is 16.6. The van der Waals surface area contributed by atoms with Gasteiger partial charge in [0, 0.05) is 17.4 Å². The summed E-state index contributed by atoms with van der Waals surface area (Å²) >= 11 is 0. The summed E-state index contributed by atoms with van der Waals surface area (Å²) in [5.41, 5.74) is 2.36. The molecule has 1 aromatic carbocycles. The average molecular weight is 327 g/mol. The fourth-order valence-electron chi connectivity index (χ4n) is 4.57. The smallest absolute Gasteiger partial charge is 0.319 e. The molecule has 3 aliphatic rings. The monoisotopic (exact) mass is 327 g/mol. The molecule has 1 aromatic rings. The van der Waals surface area contributed by atoms with E-state index in [-0.39, 0.29) is 23.4 Å². The van der Waals surface area contributed by atoms with Crippen molar-refractivity contribution in [2.24, 2.45) is 0 Å². The molecular weight excluding hydrogens is 302 g/mol. The van der Waals surface area contributed by atoms with Gasteiger partial charge < -0.3 is 16.0 Å². The summed E-state index contributed by atoms with van der Waals surface area (Å²) < 4.78 is 0. The van der Waals surface area contributed by atoms with Crippen molar-refractivity contribution in [1.29, 1.82) is 0 Å². The van der Waals surface area contributed by atoms with Crippen molar-refractivity contribution >= 4 is 23.3 Å². The fourth-order valence-corrected chi connectivity index (χ4v) is 4.57. The molecule has 1 heterocycles. The number of fused-ring (bicyclic) bond motifs is 2. The number of hydrogen-bond donors (Lipinski definition) is 3. The molecule has 5 heteroatoms. The Morgan fingerprint density at radius 2 is 1.83 bits per heavy atom. The predicted molar refractivity (Wildman–Crippen MR) is 94.2 cm³/mol. The van der Waals surface area contributed by atoms with Crippen LogP contribution in [0, 0.1) is 0 Å². The zero-order valence-corrected chi connectivity index (χ0v) is 14.0. The summed E-state index contributed by atoms with van der Waals surface area (Å²) in [4.78, 5) is 24.7. The SMILES string of the molecule is O=C(Nc1ccc2c(c1)C1(CCCC1)C(=O)N2)NC1CCCCC1. The van der Waals surface area contributed by atoms with Crippen molar-refractivity contribution < 1.29 is 9.59 Å². The van der Waals surface area contributed by atoms with Gasteiger partial charge in [-0.2, -0.15) is 0 Å². The van der Waals surface area contributed by atoms with Crippen molar-refractivity contribution in [2.75, 3.05) is 10.6 Å². The summed E-state index contributed by atoms with van der Waals surface area (Å²) in [6, 6.07) is 5.92. The average Bonchev–Trinajstić information content (AvgIpc) is 3.17. The van der Waals surface area contributed by atoms with Crippen molar-refractivity contribution in [3.05, 3.63) is 23.8 Å². The van der Waals surface area contributed by atoms with Gasteiger partial charge in [0.05, 0.1) is 5.41 Å². The van der Waals surface area contributed by atoms with Crippen LogP contribution in [0.3, 0.4) is 0 Å². The maximum absolute atomic E-state index is 12.4. The van der Waals surface area contributed by atoms with Crippen molar-refractivity contribution in [3.8, 4) is 0 Å². The van der Waals surface area contributed by atoms with E-state index in [0.717, 1.165) is 55.5 Å². The molecule has 5 nitrogen and oxygen atoms in total. The minimum Gasteiger partial charge on any atom is -0.335 e. The fraction of sp³-hybridized carbons (Fsp3) is 0.579. The zero-order valence-electron chi connectivity index (χ0n) is 14.0. The number of nitrogens with one attached hydrogen (secondary N) is 3. The Kier molecular flexibility index (Phi) is 3.94. The summed E-state index contributed by atoms with van der Waals surface area (Å²) in [5.74, 6) is 0.124. The van der Waals surface area contributed by atoms with Crippen LogP contribution in [0.15, 0.2) is 18.2 Å². The second kappa shape index (κ2) is 6.11. The third-order valence-corrected chi connectivity index (χ3v) is 5.87. The molecule has 4 rings (SSSR count). The lowest BCUT2D eigenvalue weighted by Gasteiger charge is -2.23. The molecular formula is C19H25N3O2. The molecule has 2 aliphatic carbocycles. The highest BCUT2D eigenvalue weighted by Crippen LogP contribution is 2.49. The molecule has 3 N–H and O–H groups in total. The lowest BCUT2D eigenvalue weighted by atomic mass is 9.80. The van der Waals surface area contributed by atoms with E-state index in [9.17, 15) is 9.59 Å². The van der Waals surface area contributed by atoms with E-state index >= 15 is 0 Å². The maximum Gasteiger partial charge on any atom is 0.319 e. The molecule has 2 saturated carbocycles. The van der Waals surface area contributed by atoms with Crippen molar-refractivity contribution in [3.63, 3.8) is 0 Å². The van der Waals surface area contributed by atoms with Crippen LogP contribution in [0.1, 0.15) is 63.4 Å². The van der Waals surface area contributed by atoms with Crippen LogP contribution in [-0.2, 0) is 10.2 Å². The number of anilines is 2. The molecule has 128 valence electrons. The van der Waals surface area contributed by atoms with Crippen LogP contribution in [0.2, 0.25) is 0 Å². The van der Waals surface area contributed by atoms with Crippen LogP contribution in [-0.4, -0.2) is 18.0 Å². The summed E-state index contributed by atoms with van der Waals surface area (Å²) in [5, 5.41) is 9.03.